The number of anilines is 1. The molecule has 2 N–H and O–H groups in total. The Morgan fingerprint density at radius 3 is 2.75 bits per heavy atom. The molecule has 0 unspecified atom stereocenters. The molecule has 1 aliphatic rings. The third-order valence-electron chi connectivity index (χ3n) is 3.04. The van der Waals surface area contributed by atoms with Crippen molar-refractivity contribution >= 4 is 5.82 Å². The van der Waals surface area contributed by atoms with Gasteiger partial charge in [0.05, 0.1) is 6.20 Å². The van der Waals surface area contributed by atoms with Crippen molar-refractivity contribution in [2.75, 3.05) is 25.9 Å². The molecule has 16 heavy (non-hydrogen) atoms. The van der Waals surface area contributed by atoms with Gasteiger partial charge in [0.25, 0.3) is 0 Å². The van der Waals surface area contributed by atoms with Gasteiger partial charge in [-0.2, -0.15) is 5.26 Å². The largest absolute Gasteiger partial charge is 0.382 e. The molecular weight excluding hydrogens is 202 g/mol. The van der Waals surface area contributed by atoms with E-state index in [2.05, 4.69) is 21.9 Å². The predicted molar refractivity (Wildman–Crippen MR) is 60.6 cm³/mol. The Morgan fingerprint density at radius 1 is 1.50 bits per heavy atom. The van der Waals surface area contributed by atoms with Crippen molar-refractivity contribution in [2.24, 2.45) is 0 Å². The number of nitrogen functional groups attached to an aromatic ring is 1. The minimum Gasteiger partial charge on any atom is -0.382 e. The molecule has 5 heteroatoms. The summed E-state index contributed by atoms with van der Waals surface area (Å²) in [5.41, 5.74) is 6.04. The summed E-state index contributed by atoms with van der Waals surface area (Å²) in [6.45, 7) is 2.13. The molecule has 1 saturated heterocycles. The van der Waals surface area contributed by atoms with Crippen LogP contribution in [0.15, 0.2) is 6.20 Å². The molecule has 84 valence electrons. The van der Waals surface area contributed by atoms with Gasteiger partial charge in [0, 0.05) is 5.92 Å². The van der Waals surface area contributed by atoms with E-state index in [1.165, 1.54) is 6.20 Å². The average Bonchev–Trinajstić information content (AvgIpc) is 2.30. The first-order valence-electron chi connectivity index (χ1n) is 5.41. The maximum absolute atomic E-state index is 8.74. The number of likely N-dealkylation sites (tertiary alicyclic amines) is 1. The lowest BCUT2D eigenvalue weighted by Gasteiger charge is -2.27. The van der Waals surface area contributed by atoms with Gasteiger partial charge >= 0.3 is 0 Å². The van der Waals surface area contributed by atoms with Gasteiger partial charge in [0.1, 0.15) is 23.3 Å². The Labute approximate surface area is 94.9 Å². The summed E-state index contributed by atoms with van der Waals surface area (Å²) in [4.78, 5) is 10.7. The molecule has 0 saturated carbocycles. The maximum atomic E-state index is 8.74. The third kappa shape index (κ3) is 2.12. The number of piperidine rings is 1. The van der Waals surface area contributed by atoms with Crippen LogP contribution in [0.1, 0.15) is 30.1 Å². The van der Waals surface area contributed by atoms with Crippen LogP contribution in [-0.4, -0.2) is 35.0 Å². The first kappa shape index (κ1) is 10.8. The van der Waals surface area contributed by atoms with Gasteiger partial charge in [0.15, 0.2) is 0 Å². The number of hydrogen-bond acceptors (Lipinski definition) is 5. The summed E-state index contributed by atoms with van der Waals surface area (Å²) < 4.78 is 0. The van der Waals surface area contributed by atoms with E-state index in [0.29, 0.717) is 17.3 Å². The molecule has 2 heterocycles. The minimum absolute atomic E-state index is 0.298. The molecule has 0 radical (unpaired) electrons. The highest BCUT2D eigenvalue weighted by molar-refractivity contribution is 5.46. The Morgan fingerprint density at radius 2 is 2.19 bits per heavy atom. The quantitative estimate of drug-likeness (QED) is 0.750. The summed E-state index contributed by atoms with van der Waals surface area (Å²) in [6, 6.07) is 1.97. The third-order valence-corrected chi connectivity index (χ3v) is 3.04. The molecule has 2 rings (SSSR count). The van der Waals surface area contributed by atoms with Crippen LogP contribution in [-0.2, 0) is 0 Å². The monoisotopic (exact) mass is 217 g/mol. The molecule has 1 aromatic rings. The molecule has 0 aliphatic carbocycles. The van der Waals surface area contributed by atoms with E-state index in [-0.39, 0.29) is 0 Å². The number of nitriles is 1. The molecule has 0 aromatic carbocycles. The van der Waals surface area contributed by atoms with Crippen LogP contribution in [0.25, 0.3) is 0 Å². The summed E-state index contributed by atoms with van der Waals surface area (Å²) in [5.74, 6) is 1.46. The van der Waals surface area contributed by atoms with Crippen LogP contribution < -0.4 is 5.73 Å². The van der Waals surface area contributed by atoms with Gasteiger partial charge in [-0.05, 0) is 33.0 Å². The van der Waals surface area contributed by atoms with E-state index < -0.39 is 0 Å². The standard InChI is InChI=1S/C11H15N5/c1-16-4-2-8(3-5-16)11-14-7-9(6-12)10(13)15-11/h7-8H,2-5H2,1H3,(H2,13,14,15). The molecule has 5 nitrogen and oxygen atoms in total. The highest BCUT2D eigenvalue weighted by Crippen LogP contribution is 2.25. The molecule has 1 aliphatic heterocycles. The molecular formula is C11H15N5. The first-order chi connectivity index (χ1) is 7.70. The summed E-state index contributed by atoms with van der Waals surface area (Å²) in [6.07, 6.45) is 3.64. The Balaban J connectivity index is 2.16. The lowest BCUT2D eigenvalue weighted by Crippen LogP contribution is -2.30. The van der Waals surface area contributed by atoms with E-state index in [9.17, 15) is 0 Å². The molecule has 0 amide bonds. The van der Waals surface area contributed by atoms with Crippen LogP contribution in [0.2, 0.25) is 0 Å². The number of nitrogens with zero attached hydrogens (tertiary/aromatic N) is 4. The molecule has 0 spiro atoms. The van der Waals surface area contributed by atoms with Gasteiger partial charge in [-0.3, -0.25) is 0 Å². The van der Waals surface area contributed by atoms with Crippen molar-refractivity contribution in [3.8, 4) is 6.07 Å². The van der Waals surface area contributed by atoms with E-state index >= 15 is 0 Å². The number of rotatable bonds is 1. The number of nitrogens with two attached hydrogens (primary N) is 1. The zero-order chi connectivity index (χ0) is 11.5. The fraction of sp³-hybridized carbons (Fsp3) is 0.545. The Hall–Kier alpha value is -1.67. The highest BCUT2D eigenvalue weighted by atomic mass is 15.1. The Bertz CT molecular complexity index is 415. The van der Waals surface area contributed by atoms with E-state index in [1.807, 2.05) is 6.07 Å². The van der Waals surface area contributed by atoms with Gasteiger partial charge < -0.3 is 10.6 Å². The lowest BCUT2D eigenvalue weighted by molar-refractivity contribution is 0.251. The summed E-state index contributed by atoms with van der Waals surface area (Å²) >= 11 is 0. The second-order valence-electron chi connectivity index (χ2n) is 4.22. The fourth-order valence-electron chi connectivity index (χ4n) is 1.96. The van der Waals surface area contributed by atoms with Crippen molar-refractivity contribution < 1.29 is 0 Å². The zero-order valence-electron chi connectivity index (χ0n) is 9.35. The number of aromatic nitrogens is 2. The SMILES string of the molecule is CN1CCC(c2ncc(C#N)c(N)n2)CC1. The topological polar surface area (TPSA) is 78.8 Å². The number of hydrogen-bond donors (Lipinski definition) is 1. The van der Waals surface area contributed by atoms with E-state index in [4.69, 9.17) is 11.0 Å². The van der Waals surface area contributed by atoms with E-state index in [1.54, 1.807) is 0 Å². The minimum atomic E-state index is 0.298. The van der Waals surface area contributed by atoms with Crippen molar-refractivity contribution in [1.82, 2.24) is 14.9 Å². The normalized spacial score (nSPS) is 18.2. The Kier molecular flexibility index (Phi) is 3.02. The fourth-order valence-corrected chi connectivity index (χ4v) is 1.96. The van der Waals surface area contributed by atoms with Gasteiger partial charge in [-0.1, -0.05) is 0 Å². The van der Waals surface area contributed by atoms with Crippen molar-refractivity contribution in [3.05, 3.63) is 17.6 Å². The molecule has 1 fully saturated rings. The van der Waals surface area contributed by atoms with Crippen LogP contribution in [0.5, 0.6) is 0 Å². The smallest absolute Gasteiger partial charge is 0.145 e. The van der Waals surface area contributed by atoms with Crippen molar-refractivity contribution in [3.63, 3.8) is 0 Å². The molecule has 0 atom stereocenters. The van der Waals surface area contributed by atoms with Gasteiger partial charge in [0.2, 0.25) is 0 Å². The van der Waals surface area contributed by atoms with Crippen molar-refractivity contribution in [1.29, 1.82) is 5.26 Å². The summed E-state index contributed by atoms with van der Waals surface area (Å²) in [5, 5.41) is 8.74. The summed E-state index contributed by atoms with van der Waals surface area (Å²) in [7, 11) is 2.12. The second-order valence-corrected chi connectivity index (χ2v) is 4.22. The van der Waals surface area contributed by atoms with Gasteiger partial charge in [-0.25, -0.2) is 9.97 Å². The van der Waals surface area contributed by atoms with Crippen LogP contribution >= 0.6 is 0 Å². The second kappa shape index (κ2) is 4.45. The van der Waals surface area contributed by atoms with Gasteiger partial charge in [-0.15, -0.1) is 0 Å². The van der Waals surface area contributed by atoms with Crippen LogP contribution in [0, 0.1) is 11.3 Å². The van der Waals surface area contributed by atoms with E-state index in [0.717, 1.165) is 31.8 Å². The maximum Gasteiger partial charge on any atom is 0.145 e. The average molecular weight is 217 g/mol. The molecule has 1 aromatic heterocycles. The van der Waals surface area contributed by atoms with Crippen molar-refractivity contribution in [2.45, 2.75) is 18.8 Å². The molecule has 0 bridgehead atoms. The van der Waals surface area contributed by atoms with Crippen LogP contribution in [0.4, 0.5) is 5.82 Å². The highest BCUT2D eigenvalue weighted by Gasteiger charge is 2.21. The van der Waals surface area contributed by atoms with Crippen LogP contribution in [0.3, 0.4) is 0 Å². The predicted octanol–water partition coefficient (Wildman–Crippen LogP) is 0.740. The lowest BCUT2D eigenvalue weighted by atomic mass is 9.96. The first-order valence-corrected chi connectivity index (χ1v) is 5.41. The zero-order valence-corrected chi connectivity index (χ0v) is 9.35.